The van der Waals surface area contributed by atoms with Crippen molar-refractivity contribution in [2.24, 2.45) is 16.3 Å². The molecule has 102 valence electrons. The molecule has 0 atom stereocenters. The number of hydrogen-bond acceptors (Lipinski definition) is 4. The number of nitrogens with zero attached hydrogens (tertiary/aromatic N) is 2. The van der Waals surface area contributed by atoms with Crippen molar-refractivity contribution in [2.75, 3.05) is 33.4 Å². The summed E-state index contributed by atoms with van der Waals surface area (Å²) in [5, 5.41) is 11.7. The highest BCUT2D eigenvalue weighted by molar-refractivity contribution is 5.85. The van der Waals surface area contributed by atoms with Crippen molar-refractivity contribution in [3.63, 3.8) is 0 Å². The summed E-state index contributed by atoms with van der Waals surface area (Å²) in [5.74, 6) is 0.300. The average Bonchev–Trinajstić information content (AvgIpc) is 2.28. The van der Waals surface area contributed by atoms with Crippen LogP contribution >= 0.6 is 0 Å². The standard InChI is InChI=1S/C12H27N3O2/c1-5-17-10-9-15(4)8-6-7-12(2,3)11(13)14-16/h16H,5-10H2,1-4H3,(H2,13,14). The summed E-state index contributed by atoms with van der Waals surface area (Å²) in [6.07, 6.45) is 1.92. The van der Waals surface area contributed by atoms with E-state index in [9.17, 15) is 0 Å². The number of amidine groups is 1. The van der Waals surface area contributed by atoms with Crippen LogP contribution in [0.15, 0.2) is 5.16 Å². The molecule has 0 aliphatic rings. The van der Waals surface area contributed by atoms with Crippen molar-refractivity contribution < 1.29 is 9.94 Å². The Labute approximate surface area is 105 Å². The van der Waals surface area contributed by atoms with Crippen LogP contribution in [-0.4, -0.2) is 49.3 Å². The molecule has 0 aliphatic heterocycles. The first kappa shape index (κ1) is 16.2. The Bertz CT molecular complexity index is 230. The van der Waals surface area contributed by atoms with Crippen LogP contribution in [0.2, 0.25) is 0 Å². The molecule has 0 spiro atoms. The maximum Gasteiger partial charge on any atom is 0.144 e. The molecule has 0 aromatic heterocycles. The lowest BCUT2D eigenvalue weighted by Crippen LogP contribution is -2.33. The van der Waals surface area contributed by atoms with E-state index in [0.29, 0.717) is 5.84 Å². The van der Waals surface area contributed by atoms with Gasteiger partial charge < -0.3 is 20.6 Å². The Hall–Kier alpha value is -0.810. The van der Waals surface area contributed by atoms with Crippen LogP contribution in [-0.2, 0) is 4.74 Å². The number of likely N-dealkylation sites (N-methyl/N-ethyl adjacent to an activating group) is 1. The Balaban J connectivity index is 3.75. The minimum absolute atomic E-state index is 0.241. The fourth-order valence-corrected chi connectivity index (χ4v) is 1.53. The van der Waals surface area contributed by atoms with E-state index in [1.54, 1.807) is 0 Å². The molecule has 0 radical (unpaired) electrons. The van der Waals surface area contributed by atoms with Gasteiger partial charge in [-0.2, -0.15) is 0 Å². The molecule has 0 aromatic carbocycles. The molecule has 0 amide bonds. The second kappa shape index (κ2) is 8.31. The summed E-state index contributed by atoms with van der Waals surface area (Å²) in [4.78, 5) is 2.23. The molecule has 0 aliphatic carbocycles. The molecule has 0 aromatic rings. The van der Waals surface area contributed by atoms with Gasteiger partial charge in [-0.15, -0.1) is 0 Å². The quantitative estimate of drug-likeness (QED) is 0.212. The van der Waals surface area contributed by atoms with E-state index in [1.165, 1.54) is 0 Å². The molecular weight excluding hydrogens is 218 g/mol. The SMILES string of the molecule is CCOCCN(C)CCCC(C)(C)C(N)=NO. The van der Waals surface area contributed by atoms with E-state index >= 15 is 0 Å². The number of ether oxygens (including phenoxy) is 1. The monoisotopic (exact) mass is 245 g/mol. The molecule has 0 saturated carbocycles. The van der Waals surface area contributed by atoms with Gasteiger partial charge >= 0.3 is 0 Å². The zero-order chi connectivity index (χ0) is 13.3. The number of rotatable bonds is 9. The van der Waals surface area contributed by atoms with Crippen LogP contribution in [0.25, 0.3) is 0 Å². The van der Waals surface area contributed by atoms with Gasteiger partial charge in [-0.1, -0.05) is 19.0 Å². The zero-order valence-electron chi connectivity index (χ0n) is 11.6. The Morgan fingerprint density at radius 1 is 1.41 bits per heavy atom. The van der Waals surface area contributed by atoms with E-state index in [4.69, 9.17) is 15.7 Å². The molecule has 3 N–H and O–H groups in total. The van der Waals surface area contributed by atoms with Crippen molar-refractivity contribution in [1.82, 2.24) is 4.90 Å². The predicted molar refractivity (Wildman–Crippen MR) is 70.4 cm³/mol. The molecule has 0 rings (SSSR count). The summed E-state index contributed by atoms with van der Waals surface area (Å²) >= 11 is 0. The van der Waals surface area contributed by atoms with Gasteiger partial charge in [-0.25, -0.2) is 0 Å². The van der Waals surface area contributed by atoms with Crippen molar-refractivity contribution in [1.29, 1.82) is 0 Å². The lowest BCUT2D eigenvalue weighted by atomic mass is 9.86. The third-order valence-electron chi connectivity index (χ3n) is 2.96. The van der Waals surface area contributed by atoms with Crippen molar-refractivity contribution >= 4 is 5.84 Å². The minimum Gasteiger partial charge on any atom is -0.409 e. The van der Waals surface area contributed by atoms with Crippen LogP contribution in [0.3, 0.4) is 0 Å². The molecule has 0 saturated heterocycles. The van der Waals surface area contributed by atoms with Crippen LogP contribution in [0.4, 0.5) is 0 Å². The van der Waals surface area contributed by atoms with Crippen molar-refractivity contribution in [3.8, 4) is 0 Å². The third kappa shape index (κ3) is 7.18. The van der Waals surface area contributed by atoms with Crippen LogP contribution < -0.4 is 5.73 Å². The Morgan fingerprint density at radius 3 is 2.59 bits per heavy atom. The van der Waals surface area contributed by atoms with Gasteiger partial charge in [0.1, 0.15) is 5.84 Å². The highest BCUT2D eigenvalue weighted by Crippen LogP contribution is 2.22. The van der Waals surface area contributed by atoms with E-state index in [1.807, 2.05) is 20.8 Å². The second-order valence-electron chi connectivity index (χ2n) is 4.97. The number of oxime groups is 1. The fraction of sp³-hybridized carbons (Fsp3) is 0.917. The van der Waals surface area contributed by atoms with E-state index in [2.05, 4.69) is 17.1 Å². The molecular formula is C12H27N3O2. The molecule has 0 fully saturated rings. The van der Waals surface area contributed by atoms with Crippen LogP contribution in [0.5, 0.6) is 0 Å². The average molecular weight is 245 g/mol. The molecule has 0 bridgehead atoms. The first-order valence-corrected chi connectivity index (χ1v) is 6.18. The van der Waals surface area contributed by atoms with Gasteiger partial charge in [0.05, 0.1) is 6.61 Å². The number of nitrogens with two attached hydrogens (primary N) is 1. The maximum absolute atomic E-state index is 8.66. The summed E-state index contributed by atoms with van der Waals surface area (Å²) in [6, 6.07) is 0. The summed E-state index contributed by atoms with van der Waals surface area (Å²) in [6.45, 7) is 9.46. The van der Waals surface area contributed by atoms with Gasteiger partial charge in [0.2, 0.25) is 0 Å². The largest absolute Gasteiger partial charge is 0.409 e. The van der Waals surface area contributed by atoms with Gasteiger partial charge in [0, 0.05) is 18.6 Å². The Morgan fingerprint density at radius 2 is 2.06 bits per heavy atom. The first-order chi connectivity index (χ1) is 7.94. The van der Waals surface area contributed by atoms with Gasteiger partial charge in [-0.3, -0.25) is 0 Å². The zero-order valence-corrected chi connectivity index (χ0v) is 11.6. The van der Waals surface area contributed by atoms with Crippen LogP contribution in [0.1, 0.15) is 33.6 Å². The minimum atomic E-state index is -0.241. The molecule has 17 heavy (non-hydrogen) atoms. The molecule has 5 heteroatoms. The number of hydrogen-bond donors (Lipinski definition) is 2. The fourth-order valence-electron chi connectivity index (χ4n) is 1.53. The maximum atomic E-state index is 8.66. The van der Waals surface area contributed by atoms with E-state index < -0.39 is 0 Å². The first-order valence-electron chi connectivity index (χ1n) is 6.18. The van der Waals surface area contributed by atoms with Crippen molar-refractivity contribution in [2.45, 2.75) is 33.6 Å². The summed E-state index contributed by atoms with van der Waals surface area (Å²) in [7, 11) is 2.08. The molecule has 5 nitrogen and oxygen atoms in total. The van der Waals surface area contributed by atoms with Gasteiger partial charge in [0.15, 0.2) is 0 Å². The van der Waals surface area contributed by atoms with Crippen molar-refractivity contribution in [3.05, 3.63) is 0 Å². The predicted octanol–water partition coefficient (Wildman–Crippen LogP) is 1.51. The van der Waals surface area contributed by atoms with E-state index in [-0.39, 0.29) is 5.41 Å². The smallest absolute Gasteiger partial charge is 0.144 e. The van der Waals surface area contributed by atoms with Gasteiger partial charge in [0.25, 0.3) is 0 Å². The lowest BCUT2D eigenvalue weighted by molar-refractivity contribution is 0.121. The normalized spacial score (nSPS) is 13.4. The lowest BCUT2D eigenvalue weighted by Gasteiger charge is -2.24. The van der Waals surface area contributed by atoms with Gasteiger partial charge in [-0.05, 0) is 33.4 Å². The molecule has 0 heterocycles. The second-order valence-corrected chi connectivity index (χ2v) is 4.97. The Kier molecular flexibility index (Phi) is 7.91. The highest BCUT2D eigenvalue weighted by atomic mass is 16.5. The highest BCUT2D eigenvalue weighted by Gasteiger charge is 2.22. The third-order valence-corrected chi connectivity index (χ3v) is 2.96. The van der Waals surface area contributed by atoms with E-state index in [0.717, 1.165) is 39.1 Å². The topological polar surface area (TPSA) is 71.1 Å². The van der Waals surface area contributed by atoms with Crippen LogP contribution in [0, 0.1) is 5.41 Å². The summed E-state index contributed by atoms with van der Waals surface area (Å²) < 4.78 is 5.29. The molecule has 0 unspecified atom stereocenters. The summed E-state index contributed by atoms with van der Waals surface area (Å²) in [5.41, 5.74) is 5.39.